The van der Waals surface area contributed by atoms with Crippen LogP contribution in [0.1, 0.15) is 19.4 Å². The number of ether oxygens (including phenoxy) is 1. The van der Waals surface area contributed by atoms with Crippen molar-refractivity contribution in [2.24, 2.45) is 11.8 Å². The molecule has 3 nitrogen and oxygen atoms in total. The van der Waals surface area contributed by atoms with Gasteiger partial charge in [0.25, 0.3) is 0 Å². The SMILES string of the molecule is CC(C)Cc1ccc(NC(=O)C2COC2)cc1. The maximum Gasteiger partial charge on any atom is 0.232 e. The van der Waals surface area contributed by atoms with Gasteiger partial charge in [0.2, 0.25) is 5.91 Å². The second-order valence-electron chi connectivity index (χ2n) is 5.02. The maximum atomic E-state index is 11.7. The summed E-state index contributed by atoms with van der Waals surface area (Å²) in [5, 5.41) is 2.91. The van der Waals surface area contributed by atoms with Gasteiger partial charge >= 0.3 is 0 Å². The molecule has 92 valence electrons. The predicted octanol–water partition coefficient (Wildman–Crippen LogP) is 2.47. The second kappa shape index (κ2) is 5.32. The van der Waals surface area contributed by atoms with E-state index in [-0.39, 0.29) is 11.8 Å². The first-order valence-electron chi connectivity index (χ1n) is 6.12. The highest BCUT2D eigenvalue weighted by atomic mass is 16.5. The highest BCUT2D eigenvalue weighted by molar-refractivity contribution is 5.93. The van der Waals surface area contributed by atoms with Gasteiger partial charge in [0.05, 0.1) is 19.1 Å². The van der Waals surface area contributed by atoms with Crippen molar-refractivity contribution in [3.63, 3.8) is 0 Å². The average Bonchev–Trinajstić information content (AvgIpc) is 2.17. The third-order valence-electron chi connectivity index (χ3n) is 2.87. The maximum absolute atomic E-state index is 11.7. The zero-order chi connectivity index (χ0) is 12.3. The third kappa shape index (κ3) is 3.30. The number of benzene rings is 1. The van der Waals surface area contributed by atoms with Crippen LogP contribution in [0, 0.1) is 11.8 Å². The van der Waals surface area contributed by atoms with Crippen LogP contribution in [0.3, 0.4) is 0 Å². The Bertz CT molecular complexity index is 380. The summed E-state index contributed by atoms with van der Waals surface area (Å²) < 4.78 is 5.00. The summed E-state index contributed by atoms with van der Waals surface area (Å²) in [5.74, 6) is 0.751. The molecule has 2 rings (SSSR count). The standard InChI is InChI=1S/C14H19NO2/c1-10(2)7-11-3-5-13(6-4-11)15-14(16)12-8-17-9-12/h3-6,10,12H,7-9H2,1-2H3,(H,15,16). The lowest BCUT2D eigenvalue weighted by Crippen LogP contribution is -2.38. The lowest BCUT2D eigenvalue weighted by Gasteiger charge is -2.24. The van der Waals surface area contributed by atoms with E-state index in [1.54, 1.807) is 0 Å². The van der Waals surface area contributed by atoms with Crippen molar-refractivity contribution < 1.29 is 9.53 Å². The highest BCUT2D eigenvalue weighted by Gasteiger charge is 2.26. The zero-order valence-electron chi connectivity index (χ0n) is 10.4. The Morgan fingerprint density at radius 1 is 1.35 bits per heavy atom. The van der Waals surface area contributed by atoms with Crippen LogP contribution < -0.4 is 5.32 Å². The van der Waals surface area contributed by atoms with Crippen molar-refractivity contribution in [3.8, 4) is 0 Å². The Hall–Kier alpha value is -1.35. The topological polar surface area (TPSA) is 38.3 Å². The smallest absolute Gasteiger partial charge is 0.232 e. The van der Waals surface area contributed by atoms with Crippen molar-refractivity contribution in [3.05, 3.63) is 29.8 Å². The van der Waals surface area contributed by atoms with Gasteiger partial charge in [0.15, 0.2) is 0 Å². The van der Waals surface area contributed by atoms with Crippen molar-refractivity contribution >= 4 is 11.6 Å². The summed E-state index contributed by atoms with van der Waals surface area (Å²) in [4.78, 5) is 11.7. The Morgan fingerprint density at radius 3 is 2.47 bits per heavy atom. The van der Waals surface area contributed by atoms with Gasteiger partial charge in [-0.25, -0.2) is 0 Å². The number of hydrogen-bond donors (Lipinski definition) is 1. The lowest BCUT2D eigenvalue weighted by molar-refractivity contribution is -0.133. The molecular weight excluding hydrogens is 214 g/mol. The first-order chi connectivity index (χ1) is 8.15. The van der Waals surface area contributed by atoms with Gasteiger partial charge in [-0.15, -0.1) is 0 Å². The van der Waals surface area contributed by atoms with Gasteiger partial charge in [0, 0.05) is 5.69 Å². The summed E-state index contributed by atoms with van der Waals surface area (Å²) in [6.07, 6.45) is 1.07. The van der Waals surface area contributed by atoms with E-state index in [0.717, 1.165) is 12.1 Å². The minimum absolute atomic E-state index is 0.0327. The van der Waals surface area contributed by atoms with Crippen LogP contribution in [-0.2, 0) is 16.0 Å². The van der Waals surface area contributed by atoms with Crippen LogP contribution >= 0.6 is 0 Å². The molecule has 0 aliphatic carbocycles. The summed E-state index contributed by atoms with van der Waals surface area (Å²) >= 11 is 0. The monoisotopic (exact) mass is 233 g/mol. The highest BCUT2D eigenvalue weighted by Crippen LogP contribution is 2.16. The predicted molar refractivity (Wildman–Crippen MR) is 67.9 cm³/mol. The van der Waals surface area contributed by atoms with E-state index in [1.807, 2.05) is 12.1 Å². The normalized spacial score (nSPS) is 15.7. The van der Waals surface area contributed by atoms with Crippen LogP contribution in [-0.4, -0.2) is 19.1 Å². The Morgan fingerprint density at radius 2 is 2.00 bits per heavy atom. The van der Waals surface area contributed by atoms with Gasteiger partial charge in [-0.3, -0.25) is 4.79 Å². The number of amides is 1. The molecule has 0 saturated carbocycles. The molecule has 1 aliphatic rings. The number of hydrogen-bond acceptors (Lipinski definition) is 2. The van der Waals surface area contributed by atoms with Crippen LogP contribution in [0.15, 0.2) is 24.3 Å². The third-order valence-corrected chi connectivity index (χ3v) is 2.87. The van der Waals surface area contributed by atoms with Crippen LogP contribution in [0.2, 0.25) is 0 Å². The van der Waals surface area contributed by atoms with Gasteiger partial charge in [-0.1, -0.05) is 26.0 Å². The molecule has 1 saturated heterocycles. The number of anilines is 1. The molecule has 17 heavy (non-hydrogen) atoms. The van der Waals surface area contributed by atoms with Gasteiger partial charge in [-0.2, -0.15) is 0 Å². The Balaban J connectivity index is 1.90. The molecule has 3 heteroatoms. The number of rotatable bonds is 4. The largest absolute Gasteiger partial charge is 0.380 e. The minimum atomic E-state index is 0.0327. The fourth-order valence-corrected chi connectivity index (χ4v) is 1.83. The molecule has 1 aromatic rings. The second-order valence-corrected chi connectivity index (χ2v) is 5.02. The number of carbonyl (C=O) groups excluding carboxylic acids is 1. The van der Waals surface area contributed by atoms with E-state index < -0.39 is 0 Å². The van der Waals surface area contributed by atoms with Crippen molar-refractivity contribution in [2.45, 2.75) is 20.3 Å². The summed E-state index contributed by atoms with van der Waals surface area (Å²) in [5.41, 5.74) is 2.18. The molecule has 0 unspecified atom stereocenters. The average molecular weight is 233 g/mol. The molecule has 0 atom stereocenters. The summed E-state index contributed by atoms with van der Waals surface area (Å²) in [7, 11) is 0. The fourth-order valence-electron chi connectivity index (χ4n) is 1.83. The minimum Gasteiger partial charge on any atom is -0.380 e. The van der Waals surface area contributed by atoms with Crippen LogP contribution in [0.4, 0.5) is 5.69 Å². The quantitative estimate of drug-likeness (QED) is 0.867. The van der Waals surface area contributed by atoms with Crippen molar-refractivity contribution in [2.75, 3.05) is 18.5 Å². The fraction of sp³-hybridized carbons (Fsp3) is 0.500. The van der Waals surface area contributed by atoms with Gasteiger partial charge in [0.1, 0.15) is 0 Å². The molecule has 1 fully saturated rings. The van der Waals surface area contributed by atoms with E-state index in [1.165, 1.54) is 5.56 Å². The molecule has 0 aromatic heterocycles. The molecule has 0 radical (unpaired) electrons. The molecule has 1 aromatic carbocycles. The number of carbonyl (C=O) groups is 1. The molecular formula is C14H19NO2. The molecule has 0 spiro atoms. The molecule has 1 aliphatic heterocycles. The summed E-state index contributed by atoms with van der Waals surface area (Å²) in [6.45, 7) is 5.51. The van der Waals surface area contributed by atoms with Crippen molar-refractivity contribution in [1.29, 1.82) is 0 Å². The Labute approximate surface area is 102 Å². The molecule has 1 amide bonds. The molecule has 0 bridgehead atoms. The number of nitrogens with one attached hydrogen (secondary N) is 1. The van der Waals surface area contributed by atoms with E-state index in [4.69, 9.17) is 4.74 Å². The van der Waals surface area contributed by atoms with Crippen LogP contribution in [0.5, 0.6) is 0 Å². The zero-order valence-corrected chi connectivity index (χ0v) is 10.4. The Kier molecular flexibility index (Phi) is 3.79. The lowest BCUT2D eigenvalue weighted by atomic mass is 10.0. The summed E-state index contributed by atoms with van der Waals surface area (Å²) in [6, 6.07) is 8.09. The van der Waals surface area contributed by atoms with Crippen molar-refractivity contribution in [1.82, 2.24) is 0 Å². The van der Waals surface area contributed by atoms with E-state index in [0.29, 0.717) is 19.1 Å². The van der Waals surface area contributed by atoms with Gasteiger partial charge < -0.3 is 10.1 Å². The first kappa shape index (κ1) is 12.1. The van der Waals surface area contributed by atoms with E-state index >= 15 is 0 Å². The first-order valence-corrected chi connectivity index (χ1v) is 6.12. The molecule has 1 N–H and O–H groups in total. The van der Waals surface area contributed by atoms with Gasteiger partial charge in [-0.05, 0) is 30.0 Å². The van der Waals surface area contributed by atoms with E-state index in [2.05, 4.69) is 31.3 Å². The molecule has 1 heterocycles. The van der Waals surface area contributed by atoms with Crippen LogP contribution in [0.25, 0.3) is 0 Å². The van der Waals surface area contributed by atoms with E-state index in [9.17, 15) is 4.79 Å².